The summed E-state index contributed by atoms with van der Waals surface area (Å²) in [4.78, 5) is 24.0. The molecule has 1 heterocycles. The van der Waals surface area contributed by atoms with Gasteiger partial charge in [-0.25, -0.2) is 4.68 Å². The van der Waals surface area contributed by atoms with Crippen LogP contribution in [0, 0.1) is 0 Å². The Labute approximate surface area is 173 Å². The van der Waals surface area contributed by atoms with Crippen LogP contribution in [0.15, 0.2) is 36.4 Å². The molecule has 11 heteroatoms. The van der Waals surface area contributed by atoms with Gasteiger partial charge in [0.05, 0.1) is 22.2 Å². The highest BCUT2D eigenvalue weighted by Crippen LogP contribution is 2.30. The molecule has 0 bridgehead atoms. The summed E-state index contributed by atoms with van der Waals surface area (Å²) < 4.78 is 1.20. The normalized spacial score (nSPS) is 10.7. The van der Waals surface area contributed by atoms with Crippen LogP contribution in [-0.4, -0.2) is 31.9 Å². The number of hydrogen-bond acceptors (Lipinski definition) is 6. The quantitative estimate of drug-likeness (QED) is 0.399. The second-order valence-corrected chi connectivity index (χ2v) is 6.94. The largest absolute Gasteiger partial charge is 0.364 e. The van der Waals surface area contributed by atoms with Crippen molar-refractivity contribution < 1.29 is 14.8 Å². The highest BCUT2D eigenvalue weighted by molar-refractivity contribution is 6.41. The number of nitrogens with two attached hydrogens (primary N) is 1. The van der Waals surface area contributed by atoms with Crippen LogP contribution >= 0.6 is 34.8 Å². The zero-order valence-corrected chi connectivity index (χ0v) is 16.3. The number of hydrogen-bond donors (Lipinski definition) is 3. The molecule has 4 N–H and O–H groups in total. The van der Waals surface area contributed by atoms with Gasteiger partial charge in [-0.1, -0.05) is 40.0 Å². The van der Waals surface area contributed by atoms with Crippen LogP contribution in [0.25, 0.3) is 0 Å². The van der Waals surface area contributed by atoms with E-state index in [1.165, 1.54) is 16.8 Å². The molecule has 1 amide bonds. The molecule has 3 aromatic rings. The molecule has 144 valence electrons. The van der Waals surface area contributed by atoms with Gasteiger partial charge in [-0.3, -0.25) is 20.3 Å². The second-order valence-electron chi connectivity index (χ2n) is 5.69. The van der Waals surface area contributed by atoms with E-state index >= 15 is 0 Å². The third-order valence-corrected chi connectivity index (χ3v) is 4.69. The van der Waals surface area contributed by atoms with Gasteiger partial charge in [0, 0.05) is 10.6 Å². The van der Waals surface area contributed by atoms with Crippen molar-refractivity contribution in [3.8, 4) is 0 Å². The van der Waals surface area contributed by atoms with E-state index in [4.69, 9.17) is 40.5 Å². The van der Waals surface area contributed by atoms with Crippen LogP contribution in [0.1, 0.15) is 32.0 Å². The fourth-order valence-electron chi connectivity index (χ4n) is 2.55. The van der Waals surface area contributed by atoms with Crippen molar-refractivity contribution in [3.05, 3.63) is 73.9 Å². The Bertz CT molecular complexity index is 1040. The molecule has 28 heavy (non-hydrogen) atoms. The summed E-state index contributed by atoms with van der Waals surface area (Å²) in [5, 5.41) is 17.4. The van der Waals surface area contributed by atoms with Gasteiger partial charge in [0.2, 0.25) is 0 Å². The number of primary amides is 1. The molecular formula is C17H12Cl3N5O3. The Balaban J connectivity index is 1.93. The number of nitrogens with zero attached hydrogens (tertiary/aromatic N) is 3. The predicted octanol–water partition coefficient (Wildman–Crippen LogP) is 3.42. The van der Waals surface area contributed by atoms with Crippen molar-refractivity contribution >= 4 is 52.3 Å². The first kappa shape index (κ1) is 20.1. The molecule has 0 radical (unpaired) electrons. The zero-order valence-electron chi connectivity index (χ0n) is 14.0. The predicted molar refractivity (Wildman–Crippen MR) is 104 cm³/mol. The lowest BCUT2D eigenvalue weighted by atomic mass is 10.0. The van der Waals surface area contributed by atoms with Crippen LogP contribution in [0.4, 0.5) is 5.82 Å². The summed E-state index contributed by atoms with van der Waals surface area (Å²) in [6.45, 7) is 0.0536. The van der Waals surface area contributed by atoms with E-state index < -0.39 is 5.91 Å². The summed E-state index contributed by atoms with van der Waals surface area (Å²) >= 11 is 18.4. The summed E-state index contributed by atoms with van der Waals surface area (Å²) in [6.07, 6.45) is 0. The van der Waals surface area contributed by atoms with E-state index in [0.29, 0.717) is 16.1 Å². The van der Waals surface area contributed by atoms with Gasteiger partial charge in [-0.05, 0) is 42.0 Å². The van der Waals surface area contributed by atoms with E-state index in [1.54, 1.807) is 24.3 Å². The van der Waals surface area contributed by atoms with Gasteiger partial charge in [-0.15, -0.1) is 5.10 Å². The summed E-state index contributed by atoms with van der Waals surface area (Å²) in [6, 6.07) is 9.40. The molecule has 0 unspecified atom stereocenters. The van der Waals surface area contributed by atoms with E-state index in [2.05, 4.69) is 10.3 Å². The van der Waals surface area contributed by atoms with Gasteiger partial charge in [-0.2, -0.15) is 0 Å². The summed E-state index contributed by atoms with van der Waals surface area (Å²) in [5.74, 6) is -1.29. The number of nitrogens with one attached hydrogen (secondary N) is 1. The minimum atomic E-state index is -0.859. The van der Waals surface area contributed by atoms with Crippen LogP contribution in [0.3, 0.4) is 0 Å². The van der Waals surface area contributed by atoms with Crippen molar-refractivity contribution in [1.82, 2.24) is 15.0 Å². The molecule has 0 aliphatic heterocycles. The Hall–Kier alpha value is -2.65. The first-order valence-electron chi connectivity index (χ1n) is 7.73. The van der Waals surface area contributed by atoms with E-state index in [-0.39, 0.29) is 39.4 Å². The van der Waals surface area contributed by atoms with Crippen LogP contribution in [0.5, 0.6) is 0 Å². The van der Waals surface area contributed by atoms with Crippen molar-refractivity contribution in [3.63, 3.8) is 0 Å². The molecule has 0 atom stereocenters. The number of carbonyl (C=O) groups is 2. The van der Waals surface area contributed by atoms with E-state index in [9.17, 15) is 14.8 Å². The molecule has 2 aromatic carbocycles. The molecular weight excluding hydrogens is 429 g/mol. The van der Waals surface area contributed by atoms with Gasteiger partial charge in [0.25, 0.3) is 5.91 Å². The minimum absolute atomic E-state index is 0.0536. The number of ketones is 1. The Morgan fingerprint density at radius 3 is 2.25 bits per heavy atom. The van der Waals surface area contributed by atoms with Gasteiger partial charge < -0.3 is 5.73 Å². The number of aromatic nitrogens is 3. The molecule has 0 aliphatic carbocycles. The standard InChI is InChI=1S/C17H12Cl3N5O3/c18-10-3-1-9(2-4-10)15(26)13-11(19)5-8(6-12(13)20)7-25-17(23-28)14(16(21)27)22-24-25/h1-6,23,28H,7H2,(H2,21,27). The SMILES string of the molecule is NC(=O)c1nnn(Cc2cc(Cl)c(C(=O)c3ccc(Cl)cc3)c(Cl)c2)c1NO. The smallest absolute Gasteiger partial charge is 0.273 e. The highest BCUT2D eigenvalue weighted by atomic mass is 35.5. The van der Waals surface area contributed by atoms with Crippen molar-refractivity contribution in [2.75, 3.05) is 5.48 Å². The van der Waals surface area contributed by atoms with Gasteiger partial charge in [0.15, 0.2) is 17.3 Å². The van der Waals surface area contributed by atoms with E-state index in [0.717, 1.165) is 0 Å². The maximum Gasteiger partial charge on any atom is 0.273 e. The molecule has 0 spiro atoms. The number of anilines is 1. The monoisotopic (exact) mass is 439 g/mol. The third kappa shape index (κ3) is 3.95. The molecule has 0 saturated carbocycles. The first-order chi connectivity index (χ1) is 13.3. The fraction of sp³-hybridized carbons (Fsp3) is 0.0588. The van der Waals surface area contributed by atoms with Crippen LogP contribution in [0.2, 0.25) is 15.1 Å². The summed E-state index contributed by atoms with van der Waals surface area (Å²) in [5.41, 5.74) is 7.86. The number of carbonyl (C=O) groups excluding carboxylic acids is 2. The van der Waals surface area contributed by atoms with Crippen LogP contribution < -0.4 is 11.2 Å². The van der Waals surface area contributed by atoms with Crippen molar-refractivity contribution in [2.45, 2.75) is 6.54 Å². The minimum Gasteiger partial charge on any atom is -0.364 e. The molecule has 3 rings (SSSR count). The van der Waals surface area contributed by atoms with E-state index in [1.807, 2.05) is 5.48 Å². The fourth-order valence-corrected chi connectivity index (χ4v) is 3.38. The Morgan fingerprint density at radius 2 is 1.71 bits per heavy atom. The molecule has 0 aliphatic rings. The first-order valence-corrected chi connectivity index (χ1v) is 8.86. The topological polar surface area (TPSA) is 123 Å². The molecule has 1 aromatic heterocycles. The molecule has 0 saturated heterocycles. The second kappa shape index (κ2) is 8.15. The highest BCUT2D eigenvalue weighted by Gasteiger charge is 2.20. The average molecular weight is 441 g/mol. The van der Waals surface area contributed by atoms with Crippen LogP contribution in [-0.2, 0) is 6.54 Å². The Morgan fingerprint density at radius 1 is 1.11 bits per heavy atom. The maximum atomic E-state index is 12.7. The number of benzene rings is 2. The van der Waals surface area contributed by atoms with Crippen molar-refractivity contribution in [1.29, 1.82) is 0 Å². The number of amides is 1. The van der Waals surface area contributed by atoms with Crippen molar-refractivity contribution in [2.24, 2.45) is 5.73 Å². The lowest BCUT2D eigenvalue weighted by Crippen LogP contribution is -2.15. The maximum absolute atomic E-state index is 12.7. The van der Waals surface area contributed by atoms with Gasteiger partial charge >= 0.3 is 0 Å². The summed E-state index contributed by atoms with van der Waals surface area (Å²) in [7, 11) is 0. The molecule has 0 fully saturated rings. The Kier molecular flexibility index (Phi) is 5.85. The lowest BCUT2D eigenvalue weighted by molar-refractivity contribution is 0.0994. The average Bonchev–Trinajstić information content (AvgIpc) is 3.04. The number of rotatable bonds is 6. The lowest BCUT2D eigenvalue weighted by Gasteiger charge is -2.11. The molecule has 8 nitrogen and oxygen atoms in total. The number of halogens is 3. The third-order valence-electron chi connectivity index (χ3n) is 3.84. The zero-order chi connectivity index (χ0) is 20.4. The van der Waals surface area contributed by atoms with Gasteiger partial charge in [0.1, 0.15) is 0 Å².